The number of aromatic nitrogens is 3. The molecule has 1 atom stereocenters. The number of nitrogens with one attached hydrogen (secondary N) is 1. The molecule has 0 spiro atoms. The van der Waals surface area contributed by atoms with Crippen molar-refractivity contribution in [3.63, 3.8) is 0 Å². The first-order valence-corrected chi connectivity index (χ1v) is 6.76. The summed E-state index contributed by atoms with van der Waals surface area (Å²) in [5.74, 6) is 0.483. The molecule has 0 aliphatic heterocycles. The maximum Gasteiger partial charge on any atom is 0.344 e. The standard InChI is InChI=1S/C10H17N3O3S/c1-2-16-5-8(14)6-17-10-12-11-9(15)13(10)7-3-4-7/h7-8,14H,2-6H2,1H3,(H,11,15). The summed E-state index contributed by atoms with van der Waals surface area (Å²) in [6.45, 7) is 2.80. The average Bonchev–Trinajstić information content (AvgIpc) is 3.08. The maximum atomic E-state index is 11.5. The molecule has 1 fully saturated rings. The lowest BCUT2D eigenvalue weighted by Gasteiger charge is -2.09. The molecule has 0 bridgehead atoms. The Labute approximate surface area is 103 Å². The quantitative estimate of drug-likeness (QED) is 0.693. The van der Waals surface area contributed by atoms with Gasteiger partial charge in [-0.2, -0.15) is 0 Å². The van der Waals surface area contributed by atoms with E-state index in [9.17, 15) is 9.90 Å². The van der Waals surface area contributed by atoms with Crippen LogP contribution in [0.3, 0.4) is 0 Å². The summed E-state index contributed by atoms with van der Waals surface area (Å²) in [5, 5.41) is 16.7. The Morgan fingerprint density at radius 2 is 2.47 bits per heavy atom. The fourth-order valence-electron chi connectivity index (χ4n) is 1.52. The number of ether oxygens (including phenoxy) is 1. The van der Waals surface area contributed by atoms with Gasteiger partial charge >= 0.3 is 5.69 Å². The number of hydrogen-bond acceptors (Lipinski definition) is 5. The van der Waals surface area contributed by atoms with Gasteiger partial charge in [0.15, 0.2) is 5.16 Å². The smallest absolute Gasteiger partial charge is 0.344 e. The second kappa shape index (κ2) is 5.70. The minimum atomic E-state index is -0.528. The van der Waals surface area contributed by atoms with Crippen LogP contribution in [0.15, 0.2) is 9.95 Å². The molecule has 1 unspecified atom stereocenters. The molecule has 1 aliphatic rings. The second-order valence-corrected chi connectivity index (χ2v) is 5.02. The summed E-state index contributed by atoms with van der Waals surface area (Å²) in [4.78, 5) is 11.5. The molecular weight excluding hydrogens is 242 g/mol. The SMILES string of the molecule is CCOCC(O)CSc1n[nH]c(=O)n1C1CC1. The number of aliphatic hydroxyl groups is 1. The molecule has 0 amide bonds. The van der Waals surface area contributed by atoms with Crippen molar-refractivity contribution < 1.29 is 9.84 Å². The first-order valence-electron chi connectivity index (χ1n) is 5.78. The molecule has 2 N–H and O–H groups in total. The normalized spacial score (nSPS) is 17.3. The van der Waals surface area contributed by atoms with E-state index in [0.717, 1.165) is 12.8 Å². The van der Waals surface area contributed by atoms with Crippen LogP contribution in [0.2, 0.25) is 0 Å². The molecule has 0 aromatic carbocycles. The Morgan fingerprint density at radius 1 is 1.71 bits per heavy atom. The third-order valence-electron chi connectivity index (χ3n) is 2.50. The third kappa shape index (κ3) is 3.34. The molecule has 1 aromatic rings. The van der Waals surface area contributed by atoms with Gasteiger partial charge in [-0.05, 0) is 19.8 Å². The molecule has 0 radical (unpaired) electrons. The van der Waals surface area contributed by atoms with E-state index in [4.69, 9.17) is 4.74 Å². The van der Waals surface area contributed by atoms with Crippen molar-refractivity contribution in [1.82, 2.24) is 14.8 Å². The second-order valence-electron chi connectivity index (χ2n) is 4.04. The minimum absolute atomic E-state index is 0.158. The number of H-pyrrole nitrogens is 1. The van der Waals surface area contributed by atoms with Gasteiger partial charge in [0.2, 0.25) is 0 Å². The van der Waals surface area contributed by atoms with Crippen LogP contribution in [-0.4, -0.2) is 44.9 Å². The van der Waals surface area contributed by atoms with Crippen molar-refractivity contribution in [2.45, 2.75) is 37.1 Å². The highest BCUT2D eigenvalue weighted by Gasteiger charge is 2.28. The predicted molar refractivity (Wildman–Crippen MR) is 64.3 cm³/mol. The Morgan fingerprint density at radius 3 is 3.12 bits per heavy atom. The summed E-state index contributed by atoms with van der Waals surface area (Å²) >= 11 is 1.39. The van der Waals surface area contributed by atoms with Gasteiger partial charge in [0.05, 0.1) is 12.7 Å². The third-order valence-corrected chi connectivity index (χ3v) is 3.60. The molecule has 0 saturated heterocycles. The van der Waals surface area contributed by atoms with Gasteiger partial charge in [-0.25, -0.2) is 9.89 Å². The molecule has 6 nitrogen and oxygen atoms in total. The van der Waals surface area contributed by atoms with Gasteiger partial charge in [-0.3, -0.25) is 4.57 Å². The van der Waals surface area contributed by atoms with Gasteiger partial charge in [-0.15, -0.1) is 5.10 Å². The Bertz CT molecular complexity index is 413. The van der Waals surface area contributed by atoms with Crippen molar-refractivity contribution in [3.05, 3.63) is 10.5 Å². The first-order chi connectivity index (χ1) is 8.22. The molecule has 1 saturated carbocycles. The van der Waals surface area contributed by atoms with Gasteiger partial charge in [0.1, 0.15) is 0 Å². The molecule has 1 heterocycles. The average molecular weight is 259 g/mol. The minimum Gasteiger partial charge on any atom is -0.390 e. The van der Waals surface area contributed by atoms with E-state index in [1.165, 1.54) is 11.8 Å². The summed E-state index contributed by atoms with van der Waals surface area (Å²) in [5.41, 5.74) is -0.158. The molecule has 2 rings (SSSR count). The fourth-order valence-corrected chi connectivity index (χ4v) is 2.44. The maximum absolute atomic E-state index is 11.5. The first kappa shape index (κ1) is 12.7. The summed E-state index contributed by atoms with van der Waals surface area (Å²) in [6.07, 6.45) is 1.54. The lowest BCUT2D eigenvalue weighted by molar-refractivity contribution is 0.0551. The number of nitrogens with zero attached hydrogens (tertiary/aromatic N) is 2. The molecular formula is C10H17N3O3S. The number of aliphatic hydroxyl groups excluding tert-OH is 1. The van der Waals surface area contributed by atoms with Crippen LogP contribution in [0.1, 0.15) is 25.8 Å². The number of rotatable bonds is 7. The monoisotopic (exact) mass is 259 g/mol. The van der Waals surface area contributed by atoms with Crippen LogP contribution in [-0.2, 0) is 4.74 Å². The molecule has 7 heteroatoms. The van der Waals surface area contributed by atoms with Crippen LogP contribution in [0.25, 0.3) is 0 Å². The van der Waals surface area contributed by atoms with Crippen LogP contribution >= 0.6 is 11.8 Å². The Kier molecular flexibility index (Phi) is 4.25. The van der Waals surface area contributed by atoms with Crippen molar-refractivity contribution in [1.29, 1.82) is 0 Å². The van der Waals surface area contributed by atoms with E-state index < -0.39 is 6.10 Å². The molecule has 17 heavy (non-hydrogen) atoms. The lowest BCUT2D eigenvalue weighted by Crippen LogP contribution is -2.19. The molecule has 1 aliphatic carbocycles. The van der Waals surface area contributed by atoms with Crippen molar-refractivity contribution >= 4 is 11.8 Å². The van der Waals surface area contributed by atoms with Crippen molar-refractivity contribution in [2.75, 3.05) is 19.0 Å². The van der Waals surface area contributed by atoms with Gasteiger partial charge in [0.25, 0.3) is 0 Å². The van der Waals surface area contributed by atoms with E-state index in [1.807, 2.05) is 6.92 Å². The highest BCUT2D eigenvalue weighted by Crippen LogP contribution is 2.36. The fraction of sp³-hybridized carbons (Fsp3) is 0.800. The largest absolute Gasteiger partial charge is 0.390 e. The molecule has 96 valence electrons. The molecule has 1 aromatic heterocycles. The highest BCUT2D eigenvalue weighted by molar-refractivity contribution is 7.99. The van der Waals surface area contributed by atoms with Crippen LogP contribution in [0.5, 0.6) is 0 Å². The zero-order chi connectivity index (χ0) is 12.3. The highest BCUT2D eigenvalue weighted by atomic mass is 32.2. The Balaban J connectivity index is 1.88. The summed E-state index contributed by atoms with van der Waals surface area (Å²) < 4.78 is 6.80. The van der Waals surface area contributed by atoms with Gasteiger partial charge in [-0.1, -0.05) is 11.8 Å². The van der Waals surface area contributed by atoms with E-state index in [0.29, 0.717) is 30.2 Å². The lowest BCUT2D eigenvalue weighted by atomic mass is 10.4. The zero-order valence-electron chi connectivity index (χ0n) is 9.76. The topological polar surface area (TPSA) is 80.1 Å². The van der Waals surface area contributed by atoms with Gasteiger partial charge < -0.3 is 9.84 Å². The van der Waals surface area contributed by atoms with Crippen molar-refractivity contribution in [3.8, 4) is 0 Å². The number of hydrogen-bond donors (Lipinski definition) is 2. The van der Waals surface area contributed by atoms with Gasteiger partial charge in [0, 0.05) is 18.4 Å². The van der Waals surface area contributed by atoms with Crippen molar-refractivity contribution in [2.24, 2.45) is 0 Å². The van der Waals surface area contributed by atoms with E-state index >= 15 is 0 Å². The van der Waals surface area contributed by atoms with Crippen LogP contribution < -0.4 is 5.69 Å². The Hall–Kier alpha value is -0.790. The van der Waals surface area contributed by atoms with E-state index in [2.05, 4.69) is 10.2 Å². The summed E-state index contributed by atoms with van der Waals surface area (Å²) in [6, 6.07) is 0.299. The number of thioether (sulfide) groups is 1. The van der Waals surface area contributed by atoms with E-state index in [1.54, 1.807) is 4.57 Å². The van der Waals surface area contributed by atoms with E-state index in [-0.39, 0.29) is 5.69 Å². The van der Waals surface area contributed by atoms with Crippen LogP contribution in [0.4, 0.5) is 0 Å². The number of aromatic amines is 1. The van der Waals surface area contributed by atoms with Crippen LogP contribution in [0, 0.1) is 0 Å². The predicted octanol–water partition coefficient (Wildman–Crippen LogP) is 0.396. The summed E-state index contributed by atoms with van der Waals surface area (Å²) in [7, 11) is 0. The zero-order valence-corrected chi connectivity index (χ0v) is 10.6.